The summed E-state index contributed by atoms with van der Waals surface area (Å²) in [6.07, 6.45) is 0. The van der Waals surface area contributed by atoms with E-state index >= 15 is 0 Å². The molecule has 1 N–H and O–H groups in total. The third-order valence-corrected chi connectivity index (χ3v) is 6.66. The van der Waals surface area contributed by atoms with Crippen molar-refractivity contribution in [1.82, 2.24) is 9.80 Å². The van der Waals surface area contributed by atoms with Crippen molar-refractivity contribution in [3.63, 3.8) is 0 Å². The molecule has 0 bridgehead atoms. The van der Waals surface area contributed by atoms with E-state index in [1.165, 1.54) is 4.90 Å². The lowest BCUT2D eigenvalue weighted by Crippen LogP contribution is -2.42. The van der Waals surface area contributed by atoms with Crippen LogP contribution in [0.1, 0.15) is 17.2 Å². The highest BCUT2D eigenvalue weighted by Gasteiger charge is 2.46. The molecule has 9 heteroatoms. The summed E-state index contributed by atoms with van der Waals surface area (Å²) in [5, 5.41) is 11.8. The van der Waals surface area contributed by atoms with Crippen molar-refractivity contribution in [2.75, 3.05) is 46.5 Å². The zero-order valence-corrected chi connectivity index (χ0v) is 19.6. The van der Waals surface area contributed by atoms with Crippen LogP contribution in [0.4, 0.5) is 0 Å². The van der Waals surface area contributed by atoms with Crippen LogP contribution in [-0.4, -0.2) is 73.1 Å². The van der Waals surface area contributed by atoms with Crippen LogP contribution < -0.4 is 4.74 Å². The number of aliphatic hydroxyl groups is 1. The van der Waals surface area contributed by atoms with E-state index in [0.717, 1.165) is 13.1 Å². The van der Waals surface area contributed by atoms with Crippen molar-refractivity contribution in [3.05, 3.63) is 69.2 Å². The number of hydrogen-bond acceptors (Lipinski definition) is 6. The molecule has 2 aliphatic heterocycles. The van der Waals surface area contributed by atoms with Crippen molar-refractivity contribution < 1.29 is 24.2 Å². The van der Waals surface area contributed by atoms with Crippen LogP contribution in [-0.2, 0) is 14.3 Å². The Balaban J connectivity index is 1.74. The fourth-order valence-electron chi connectivity index (χ4n) is 4.12. The van der Waals surface area contributed by atoms with Gasteiger partial charge in [-0.25, -0.2) is 0 Å². The Morgan fingerprint density at radius 2 is 1.76 bits per heavy atom. The van der Waals surface area contributed by atoms with Crippen LogP contribution in [0.3, 0.4) is 0 Å². The molecule has 2 heterocycles. The number of amides is 1. The molecule has 1 amide bonds. The van der Waals surface area contributed by atoms with E-state index in [1.54, 1.807) is 49.6 Å². The van der Waals surface area contributed by atoms with Gasteiger partial charge in [0.2, 0.25) is 0 Å². The summed E-state index contributed by atoms with van der Waals surface area (Å²) in [6.45, 7) is 3.67. The van der Waals surface area contributed by atoms with Gasteiger partial charge in [-0.3, -0.25) is 14.5 Å². The highest BCUT2D eigenvalue weighted by molar-refractivity contribution is 6.46. The average molecular weight is 491 g/mol. The number of morpholine rings is 1. The lowest BCUT2D eigenvalue weighted by Gasteiger charge is -2.31. The normalized spacial score (nSPS) is 20.9. The summed E-state index contributed by atoms with van der Waals surface area (Å²) >= 11 is 12.4. The number of aliphatic hydroxyl groups excluding tert-OH is 1. The number of halogens is 2. The Morgan fingerprint density at radius 1 is 1.06 bits per heavy atom. The van der Waals surface area contributed by atoms with Crippen molar-refractivity contribution >= 4 is 40.7 Å². The predicted octanol–water partition coefficient (Wildman–Crippen LogP) is 3.76. The van der Waals surface area contributed by atoms with Gasteiger partial charge < -0.3 is 19.5 Å². The van der Waals surface area contributed by atoms with Crippen LogP contribution in [0.2, 0.25) is 10.0 Å². The van der Waals surface area contributed by atoms with Crippen LogP contribution in [0.25, 0.3) is 5.76 Å². The number of methoxy groups -OCH3 is 1. The summed E-state index contributed by atoms with van der Waals surface area (Å²) in [5.41, 5.74) is 1.03. The predicted molar refractivity (Wildman–Crippen MR) is 126 cm³/mol. The second-order valence-corrected chi connectivity index (χ2v) is 8.66. The van der Waals surface area contributed by atoms with E-state index in [4.69, 9.17) is 32.7 Å². The van der Waals surface area contributed by atoms with Crippen molar-refractivity contribution in [2.45, 2.75) is 6.04 Å². The molecule has 0 aliphatic carbocycles. The third-order valence-electron chi connectivity index (χ3n) is 5.92. The maximum absolute atomic E-state index is 13.1. The third kappa shape index (κ3) is 4.87. The second-order valence-electron chi connectivity index (χ2n) is 7.85. The average Bonchev–Trinajstić information content (AvgIpc) is 3.09. The minimum atomic E-state index is -0.789. The number of likely N-dealkylation sites (tertiary alicyclic amines) is 1. The summed E-state index contributed by atoms with van der Waals surface area (Å²) in [5.74, 6) is -1.03. The first-order chi connectivity index (χ1) is 15.9. The Morgan fingerprint density at radius 3 is 2.39 bits per heavy atom. The molecule has 0 unspecified atom stereocenters. The number of benzene rings is 2. The molecule has 2 aliphatic rings. The van der Waals surface area contributed by atoms with E-state index in [2.05, 4.69) is 4.90 Å². The van der Waals surface area contributed by atoms with Crippen LogP contribution in [0.5, 0.6) is 5.75 Å². The van der Waals surface area contributed by atoms with Gasteiger partial charge in [-0.2, -0.15) is 0 Å². The minimum Gasteiger partial charge on any atom is -0.507 e. The van der Waals surface area contributed by atoms with Crippen molar-refractivity contribution in [2.24, 2.45) is 0 Å². The lowest BCUT2D eigenvalue weighted by atomic mass is 9.95. The summed E-state index contributed by atoms with van der Waals surface area (Å²) in [7, 11) is 1.54. The van der Waals surface area contributed by atoms with Gasteiger partial charge in [-0.15, -0.1) is 0 Å². The molecule has 0 spiro atoms. The number of ketones is 1. The lowest BCUT2D eigenvalue weighted by molar-refractivity contribution is -0.140. The highest BCUT2D eigenvalue weighted by atomic mass is 35.5. The number of ether oxygens (including phenoxy) is 2. The van der Waals surface area contributed by atoms with E-state index in [1.807, 2.05) is 0 Å². The van der Waals surface area contributed by atoms with Gasteiger partial charge >= 0.3 is 0 Å². The van der Waals surface area contributed by atoms with E-state index in [-0.39, 0.29) is 11.3 Å². The Labute approximate surface area is 202 Å². The van der Waals surface area contributed by atoms with Crippen LogP contribution in [0.15, 0.2) is 48.0 Å². The molecule has 2 aromatic rings. The van der Waals surface area contributed by atoms with Gasteiger partial charge in [0.05, 0.1) is 42.0 Å². The molecule has 4 rings (SSSR count). The van der Waals surface area contributed by atoms with Crippen molar-refractivity contribution in [1.29, 1.82) is 0 Å². The first-order valence-corrected chi connectivity index (χ1v) is 11.3. The van der Waals surface area contributed by atoms with Gasteiger partial charge in [0.1, 0.15) is 11.5 Å². The SMILES string of the molecule is COc1ccc(/C(O)=C2\C(=O)C(=O)N(CCN3CCOCC3)[C@@H]2c2ccc(Cl)c(Cl)c2)cc1. The molecule has 0 radical (unpaired) electrons. The Kier molecular flexibility index (Phi) is 7.24. The summed E-state index contributed by atoms with van der Waals surface area (Å²) < 4.78 is 10.6. The smallest absolute Gasteiger partial charge is 0.295 e. The van der Waals surface area contributed by atoms with Gasteiger partial charge in [-0.05, 0) is 42.0 Å². The van der Waals surface area contributed by atoms with Gasteiger partial charge in [0.15, 0.2) is 0 Å². The topological polar surface area (TPSA) is 79.3 Å². The molecule has 2 fully saturated rings. The Bertz CT molecular complexity index is 1080. The quantitative estimate of drug-likeness (QED) is 0.377. The molecule has 2 saturated heterocycles. The number of nitrogens with zero attached hydrogens (tertiary/aromatic N) is 2. The zero-order chi connectivity index (χ0) is 23.5. The monoisotopic (exact) mass is 490 g/mol. The molecule has 174 valence electrons. The number of hydrogen-bond donors (Lipinski definition) is 1. The first-order valence-electron chi connectivity index (χ1n) is 10.6. The van der Waals surface area contributed by atoms with E-state index < -0.39 is 17.7 Å². The molecular formula is C24H24Cl2N2O5. The number of rotatable bonds is 6. The number of carbonyl (C=O) groups is 2. The largest absolute Gasteiger partial charge is 0.507 e. The van der Waals surface area contributed by atoms with Crippen LogP contribution in [0, 0.1) is 0 Å². The molecule has 0 aromatic heterocycles. The first kappa shape index (κ1) is 23.6. The molecule has 2 aromatic carbocycles. The fourth-order valence-corrected chi connectivity index (χ4v) is 4.42. The highest BCUT2D eigenvalue weighted by Crippen LogP contribution is 2.41. The fraction of sp³-hybridized carbons (Fsp3) is 0.333. The number of Topliss-reactive ketones (excluding diaryl/α,β-unsaturated/α-hetero) is 1. The van der Waals surface area contributed by atoms with Gasteiger partial charge in [0, 0.05) is 31.7 Å². The van der Waals surface area contributed by atoms with Crippen molar-refractivity contribution in [3.8, 4) is 5.75 Å². The molecule has 7 nitrogen and oxygen atoms in total. The van der Waals surface area contributed by atoms with Gasteiger partial charge in [0.25, 0.3) is 11.7 Å². The minimum absolute atomic E-state index is 0.0190. The zero-order valence-electron chi connectivity index (χ0n) is 18.1. The standard InChI is InChI=1S/C24H24Cl2N2O5/c1-32-17-5-2-15(3-6-17)22(29)20-21(16-4-7-18(25)19(26)14-16)28(24(31)23(20)30)9-8-27-10-12-33-13-11-27/h2-7,14,21,29H,8-13H2,1H3/b22-20+/t21-/m1/s1. The number of carbonyl (C=O) groups excluding carboxylic acids is 2. The summed E-state index contributed by atoms with van der Waals surface area (Å²) in [4.78, 5) is 29.9. The van der Waals surface area contributed by atoms with E-state index in [0.29, 0.717) is 53.2 Å². The molecular weight excluding hydrogens is 467 g/mol. The van der Waals surface area contributed by atoms with E-state index in [9.17, 15) is 14.7 Å². The summed E-state index contributed by atoms with van der Waals surface area (Å²) in [6, 6.07) is 10.8. The van der Waals surface area contributed by atoms with Crippen LogP contribution >= 0.6 is 23.2 Å². The second kappa shape index (κ2) is 10.1. The molecule has 33 heavy (non-hydrogen) atoms. The van der Waals surface area contributed by atoms with Gasteiger partial charge in [-0.1, -0.05) is 29.3 Å². The maximum atomic E-state index is 13.1. The maximum Gasteiger partial charge on any atom is 0.295 e. The molecule has 0 saturated carbocycles. The molecule has 1 atom stereocenters. The Hall–Kier alpha value is -2.58.